The van der Waals surface area contributed by atoms with Crippen molar-refractivity contribution in [2.24, 2.45) is 0 Å². The van der Waals surface area contributed by atoms with E-state index in [1.807, 2.05) is 36.4 Å². The number of aliphatic hydroxyl groups excluding tert-OH is 2. The van der Waals surface area contributed by atoms with Gasteiger partial charge in [0, 0.05) is 44.3 Å². The van der Waals surface area contributed by atoms with Crippen LogP contribution in [0.4, 0.5) is 0 Å². The minimum atomic E-state index is -0.306. The SMILES string of the molecule is OC(CSCc1cccc(CSCC(O)CSc2ccccc2)c1)CSc1ccccc1. The average molecular weight is 503 g/mol. The molecule has 6 heteroatoms. The minimum Gasteiger partial charge on any atom is -0.391 e. The smallest absolute Gasteiger partial charge is 0.0724 e. The Kier molecular flexibility index (Phi) is 12.0. The van der Waals surface area contributed by atoms with Crippen molar-refractivity contribution in [1.82, 2.24) is 0 Å². The van der Waals surface area contributed by atoms with E-state index in [4.69, 9.17) is 0 Å². The molecule has 2 nitrogen and oxygen atoms in total. The summed E-state index contributed by atoms with van der Waals surface area (Å²) in [7, 11) is 0. The van der Waals surface area contributed by atoms with Gasteiger partial charge in [-0.15, -0.1) is 23.5 Å². The van der Waals surface area contributed by atoms with Gasteiger partial charge in [0.05, 0.1) is 12.2 Å². The Morgan fingerprint density at radius 3 is 1.41 bits per heavy atom. The highest BCUT2D eigenvalue weighted by Crippen LogP contribution is 2.23. The van der Waals surface area contributed by atoms with E-state index < -0.39 is 0 Å². The molecule has 0 heterocycles. The standard InChI is InChI=1S/C26H30O2S4/c27-23(19-31-25-10-3-1-4-11-25)17-29-15-21-8-7-9-22(14-21)16-30-18-24(28)20-32-26-12-5-2-6-13-26/h1-14,23-24,27-28H,15-20H2. The zero-order chi connectivity index (χ0) is 22.4. The molecule has 0 spiro atoms. The van der Waals surface area contributed by atoms with E-state index in [9.17, 15) is 10.2 Å². The van der Waals surface area contributed by atoms with Crippen LogP contribution in [-0.2, 0) is 11.5 Å². The van der Waals surface area contributed by atoms with Gasteiger partial charge in [-0.25, -0.2) is 0 Å². The lowest BCUT2D eigenvalue weighted by Crippen LogP contribution is -2.13. The van der Waals surface area contributed by atoms with Crippen LogP contribution in [-0.4, -0.2) is 45.4 Å². The van der Waals surface area contributed by atoms with E-state index in [1.54, 1.807) is 47.0 Å². The molecule has 0 amide bonds. The third-order valence-corrected chi connectivity index (χ3v) is 9.15. The minimum absolute atomic E-state index is 0.306. The number of hydrogen-bond acceptors (Lipinski definition) is 6. The van der Waals surface area contributed by atoms with Gasteiger partial charge >= 0.3 is 0 Å². The van der Waals surface area contributed by atoms with Gasteiger partial charge in [0.15, 0.2) is 0 Å². The zero-order valence-corrected chi connectivity index (χ0v) is 21.3. The van der Waals surface area contributed by atoms with Crippen molar-refractivity contribution in [1.29, 1.82) is 0 Å². The van der Waals surface area contributed by atoms with Crippen molar-refractivity contribution >= 4 is 47.0 Å². The van der Waals surface area contributed by atoms with Crippen LogP contribution < -0.4 is 0 Å². The average Bonchev–Trinajstić information content (AvgIpc) is 2.83. The van der Waals surface area contributed by atoms with Crippen molar-refractivity contribution in [2.45, 2.75) is 33.5 Å². The van der Waals surface area contributed by atoms with Crippen LogP contribution in [0.5, 0.6) is 0 Å². The summed E-state index contributed by atoms with van der Waals surface area (Å²) in [5, 5.41) is 20.5. The number of aliphatic hydroxyl groups is 2. The highest BCUT2D eigenvalue weighted by Gasteiger charge is 2.08. The maximum atomic E-state index is 10.3. The Hall–Kier alpha value is -1.02. The maximum Gasteiger partial charge on any atom is 0.0724 e. The first-order chi connectivity index (χ1) is 15.7. The molecule has 0 aliphatic carbocycles. The zero-order valence-electron chi connectivity index (χ0n) is 18.0. The monoisotopic (exact) mass is 502 g/mol. The summed E-state index contributed by atoms with van der Waals surface area (Å²) < 4.78 is 0. The Morgan fingerprint density at radius 1 is 0.531 bits per heavy atom. The Bertz CT molecular complexity index is 822. The first-order valence-electron chi connectivity index (χ1n) is 10.6. The Morgan fingerprint density at radius 2 is 0.969 bits per heavy atom. The summed E-state index contributed by atoms with van der Waals surface area (Å²) in [5.41, 5.74) is 2.58. The number of thioether (sulfide) groups is 4. The second-order valence-electron chi connectivity index (χ2n) is 7.41. The summed E-state index contributed by atoms with van der Waals surface area (Å²) in [4.78, 5) is 2.40. The molecule has 0 saturated carbocycles. The maximum absolute atomic E-state index is 10.3. The summed E-state index contributed by atoms with van der Waals surface area (Å²) in [6.07, 6.45) is -0.613. The van der Waals surface area contributed by atoms with Crippen molar-refractivity contribution < 1.29 is 10.2 Å². The molecule has 3 aromatic rings. The van der Waals surface area contributed by atoms with E-state index in [1.165, 1.54) is 20.9 Å². The summed E-state index contributed by atoms with van der Waals surface area (Å²) >= 11 is 6.96. The molecule has 3 rings (SSSR count). The second kappa shape index (κ2) is 15.0. The van der Waals surface area contributed by atoms with Crippen LogP contribution in [0, 0.1) is 0 Å². The predicted octanol–water partition coefficient (Wildman–Crippen LogP) is 6.46. The van der Waals surface area contributed by atoms with Crippen LogP contribution in [0.15, 0.2) is 94.7 Å². The molecule has 0 bridgehead atoms. The Balaban J connectivity index is 1.30. The lowest BCUT2D eigenvalue weighted by atomic mass is 10.2. The molecule has 170 valence electrons. The fourth-order valence-electron chi connectivity index (χ4n) is 2.95. The fraction of sp³-hybridized carbons (Fsp3) is 0.308. The third kappa shape index (κ3) is 10.3. The van der Waals surface area contributed by atoms with Crippen LogP contribution in [0.25, 0.3) is 0 Å². The van der Waals surface area contributed by atoms with Gasteiger partial charge in [-0.2, -0.15) is 23.5 Å². The molecule has 2 N–H and O–H groups in total. The van der Waals surface area contributed by atoms with Crippen LogP contribution in [0.3, 0.4) is 0 Å². The largest absolute Gasteiger partial charge is 0.391 e. The topological polar surface area (TPSA) is 40.5 Å². The molecule has 32 heavy (non-hydrogen) atoms. The number of benzene rings is 3. The predicted molar refractivity (Wildman–Crippen MR) is 145 cm³/mol. The van der Waals surface area contributed by atoms with Gasteiger partial charge in [0.25, 0.3) is 0 Å². The normalized spacial score (nSPS) is 13.1. The molecule has 3 aromatic carbocycles. The third-order valence-electron chi connectivity index (χ3n) is 4.52. The van der Waals surface area contributed by atoms with Gasteiger partial charge < -0.3 is 10.2 Å². The molecule has 0 saturated heterocycles. The highest BCUT2D eigenvalue weighted by molar-refractivity contribution is 8.00. The van der Waals surface area contributed by atoms with Crippen LogP contribution in [0.2, 0.25) is 0 Å². The van der Waals surface area contributed by atoms with Crippen molar-refractivity contribution in [3.05, 3.63) is 96.1 Å². The summed E-state index contributed by atoms with van der Waals surface area (Å²) in [6, 6.07) is 29.1. The van der Waals surface area contributed by atoms with Gasteiger partial charge in [0.2, 0.25) is 0 Å². The van der Waals surface area contributed by atoms with E-state index >= 15 is 0 Å². The first-order valence-corrected chi connectivity index (χ1v) is 14.9. The highest BCUT2D eigenvalue weighted by atomic mass is 32.2. The molecule has 2 atom stereocenters. The Labute approximate surface area is 209 Å². The van der Waals surface area contributed by atoms with Crippen molar-refractivity contribution in [3.8, 4) is 0 Å². The lowest BCUT2D eigenvalue weighted by molar-refractivity contribution is 0.224. The van der Waals surface area contributed by atoms with Gasteiger partial charge in [-0.3, -0.25) is 0 Å². The summed E-state index contributed by atoms with van der Waals surface area (Å²) in [5.74, 6) is 4.73. The number of rotatable bonds is 14. The van der Waals surface area contributed by atoms with Crippen molar-refractivity contribution in [2.75, 3.05) is 23.0 Å². The van der Waals surface area contributed by atoms with E-state index in [0.717, 1.165) is 34.5 Å². The molecule has 0 radical (unpaired) electrons. The fourth-order valence-corrected chi connectivity index (χ4v) is 6.80. The van der Waals surface area contributed by atoms with E-state index in [2.05, 4.69) is 48.5 Å². The van der Waals surface area contributed by atoms with Crippen molar-refractivity contribution in [3.63, 3.8) is 0 Å². The summed E-state index contributed by atoms with van der Waals surface area (Å²) in [6.45, 7) is 0. The van der Waals surface area contributed by atoms with Crippen LogP contribution in [0.1, 0.15) is 11.1 Å². The molecule has 0 aliphatic rings. The van der Waals surface area contributed by atoms with Crippen LogP contribution >= 0.6 is 47.0 Å². The molecule has 0 aromatic heterocycles. The second-order valence-corrected chi connectivity index (χ2v) is 11.7. The first kappa shape index (κ1) is 25.6. The molecule has 0 aliphatic heterocycles. The number of hydrogen-bond donors (Lipinski definition) is 2. The van der Waals surface area contributed by atoms with Gasteiger partial charge in [-0.1, -0.05) is 60.7 Å². The quantitative estimate of drug-likeness (QED) is 0.247. The van der Waals surface area contributed by atoms with E-state index in [-0.39, 0.29) is 12.2 Å². The molecular weight excluding hydrogens is 473 g/mol. The lowest BCUT2D eigenvalue weighted by Gasteiger charge is -2.11. The van der Waals surface area contributed by atoms with Gasteiger partial charge in [0.1, 0.15) is 0 Å². The van der Waals surface area contributed by atoms with Gasteiger partial charge in [-0.05, 0) is 35.4 Å². The molecule has 0 fully saturated rings. The molecule has 2 unspecified atom stereocenters. The molecular formula is C26H30O2S4. The van der Waals surface area contributed by atoms with E-state index in [0.29, 0.717) is 0 Å².